The van der Waals surface area contributed by atoms with Crippen LogP contribution in [-0.4, -0.2) is 30.2 Å². The minimum Gasteiger partial charge on any atom is -0.350 e. The maximum Gasteiger partial charge on any atom is 0.383 e. The van der Waals surface area contributed by atoms with E-state index in [2.05, 4.69) is 5.32 Å². The highest BCUT2D eigenvalue weighted by Gasteiger charge is 2.48. The molecule has 1 aromatic carbocycles. The Morgan fingerprint density at radius 1 is 1.19 bits per heavy atom. The number of alkyl halides is 4. The predicted octanol–water partition coefficient (Wildman–Crippen LogP) is 2.66. The second kappa shape index (κ2) is 6.55. The molecule has 0 radical (unpaired) electrons. The highest BCUT2D eigenvalue weighted by Crippen LogP contribution is 2.25. The second-order valence-corrected chi connectivity index (χ2v) is 4.59. The van der Waals surface area contributed by atoms with Gasteiger partial charge in [0.15, 0.2) is 0 Å². The van der Waals surface area contributed by atoms with E-state index in [0.29, 0.717) is 0 Å². The molecule has 0 heterocycles. The lowest BCUT2D eigenvalue weighted by Gasteiger charge is -2.15. The number of carbonyl (C=O) groups is 2. The van der Waals surface area contributed by atoms with Gasteiger partial charge in [0, 0.05) is 17.3 Å². The highest BCUT2D eigenvalue weighted by molar-refractivity contribution is 5.99. The molecular weight excluding hydrogens is 292 g/mol. The number of hydrogen-bond acceptors (Lipinski definition) is 2. The number of anilines is 1. The van der Waals surface area contributed by atoms with Gasteiger partial charge in [0.25, 0.3) is 5.91 Å². The number of nitrogens with one attached hydrogen (secondary N) is 2. The fourth-order valence-corrected chi connectivity index (χ4v) is 1.40. The van der Waals surface area contributed by atoms with Gasteiger partial charge >= 0.3 is 18.3 Å². The molecule has 116 valence electrons. The minimum absolute atomic E-state index is 0.113. The van der Waals surface area contributed by atoms with Crippen LogP contribution in [0, 0.1) is 0 Å². The highest BCUT2D eigenvalue weighted by atomic mass is 19.3. The molecule has 2 amide bonds. The minimum atomic E-state index is -4.80. The van der Waals surface area contributed by atoms with Crippen LogP contribution in [0.15, 0.2) is 24.3 Å². The van der Waals surface area contributed by atoms with Gasteiger partial charge in [-0.15, -0.1) is 0 Å². The van der Waals surface area contributed by atoms with Crippen LogP contribution in [0.1, 0.15) is 24.2 Å². The van der Waals surface area contributed by atoms with Gasteiger partial charge in [-0.1, -0.05) is 6.07 Å². The fourth-order valence-electron chi connectivity index (χ4n) is 1.40. The van der Waals surface area contributed by atoms with Crippen LogP contribution in [0.2, 0.25) is 0 Å². The van der Waals surface area contributed by atoms with Gasteiger partial charge in [-0.25, -0.2) is 8.78 Å². The summed E-state index contributed by atoms with van der Waals surface area (Å²) in [7, 11) is 0. The molecule has 0 atom stereocenters. The van der Waals surface area contributed by atoms with Gasteiger partial charge < -0.3 is 10.6 Å². The van der Waals surface area contributed by atoms with Crippen molar-refractivity contribution >= 4 is 17.5 Å². The largest absolute Gasteiger partial charge is 0.383 e. The Kier molecular flexibility index (Phi) is 5.28. The first-order chi connectivity index (χ1) is 9.64. The van der Waals surface area contributed by atoms with Crippen molar-refractivity contribution in [3.8, 4) is 0 Å². The van der Waals surface area contributed by atoms with Crippen molar-refractivity contribution < 1.29 is 27.2 Å². The molecule has 0 saturated heterocycles. The van der Waals surface area contributed by atoms with Crippen molar-refractivity contribution in [1.29, 1.82) is 0 Å². The molecule has 0 aliphatic carbocycles. The fraction of sp³-hybridized carbons (Fsp3) is 0.385. The van der Waals surface area contributed by atoms with Crippen molar-refractivity contribution in [1.82, 2.24) is 5.32 Å². The van der Waals surface area contributed by atoms with E-state index in [-0.39, 0.29) is 17.3 Å². The van der Waals surface area contributed by atoms with Crippen LogP contribution in [0.25, 0.3) is 0 Å². The summed E-state index contributed by atoms with van der Waals surface area (Å²) in [5, 5.41) is 4.23. The number of hydrogen-bond donors (Lipinski definition) is 2. The summed E-state index contributed by atoms with van der Waals surface area (Å²) < 4.78 is 49.7. The third-order valence-electron chi connectivity index (χ3n) is 2.38. The van der Waals surface area contributed by atoms with Crippen LogP contribution in [0.3, 0.4) is 0 Å². The molecule has 0 spiro atoms. The zero-order valence-electron chi connectivity index (χ0n) is 11.3. The standard InChI is InChI=1S/C13H14F4N2O2/c1-7(2)18-10(20)8-4-3-5-9(6-8)19-12(21)13(16,17)11(14)15/h3-7,11H,1-2H3,(H,18,20)(H,19,21). The molecule has 8 heteroatoms. The molecule has 2 N–H and O–H groups in total. The van der Waals surface area contributed by atoms with E-state index in [9.17, 15) is 27.2 Å². The van der Waals surface area contributed by atoms with E-state index in [1.165, 1.54) is 18.2 Å². The van der Waals surface area contributed by atoms with Crippen molar-refractivity contribution in [3.63, 3.8) is 0 Å². The van der Waals surface area contributed by atoms with Crippen LogP contribution < -0.4 is 10.6 Å². The second-order valence-electron chi connectivity index (χ2n) is 4.59. The first-order valence-corrected chi connectivity index (χ1v) is 6.03. The molecule has 0 unspecified atom stereocenters. The smallest absolute Gasteiger partial charge is 0.350 e. The molecule has 0 aliphatic heterocycles. The average Bonchev–Trinajstić information content (AvgIpc) is 2.37. The zero-order chi connectivity index (χ0) is 16.2. The average molecular weight is 306 g/mol. The Bertz CT molecular complexity index is 533. The Labute approximate surface area is 118 Å². The SMILES string of the molecule is CC(C)NC(=O)c1cccc(NC(=O)C(F)(F)C(F)F)c1. The molecule has 1 aromatic rings. The third-order valence-corrected chi connectivity index (χ3v) is 2.38. The molecule has 0 bridgehead atoms. The lowest BCUT2D eigenvalue weighted by Crippen LogP contribution is -2.41. The molecule has 0 fully saturated rings. The summed E-state index contributed by atoms with van der Waals surface area (Å²) in [6, 6.07) is 4.94. The van der Waals surface area contributed by atoms with Gasteiger partial charge in [0.1, 0.15) is 0 Å². The van der Waals surface area contributed by atoms with E-state index in [1.807, 2.05) is 0 Å². The lowest BCUT2D eigenvalue weighted by atomic mass is 10.1. The molecule has 0 aliphatic rings. The topological polar surface area (TPSA) is 58.2 Å². The Balaban J connectivity index is 2.87. The molecular formula is C13H14F4N2O2. The molecule has 0 saturated carbocycles. The summed E-state index contributed by atoms with van der Waals surface area (Å²) in [5.74, 6) is -7.39. The monoisotopic (exact) mass is 306 g/mol. The van der Waals surface area contributed by atoms with E-state index in [0.717, 1.165) is 6.07 Å². The maximum absolute atomic E-state index is 12.8. The molecule has 21 heavy (non-hydrogen) atoms. The Morgan fingerprint density at radius 3 is 2.33 bits per heavy atom. The summed E-state index contributed by atoms with van der Waals surface area (Å²) in [4.78, 5) is 22.8. The number of carbonyl (C=O) groups excluding carboxylic acids is 2. The van der Waals surface area contributed by atoms with Gasteiger partial charge in [0.05, 0.1) is 0 Å². The number of amides is 2. The van der Waals surface area contributed by atoms with E-state index in [4.69, 9.17) is 0 Å². The number of rotatable bonds is 5. The van der Waals surface area contributed by atoms with Crippen LogP contribution in [0.5, 0.6) is 0 Å². The van der Waals surface area contributed by atoms with Crippen LogP contribution >= 0.6 is 0 Å². The van der Waals surface area contributed by atoms with Gasteiger partial charge in [0.2, 0.25) is 0 Å². The van der Waals surface area contributed by atoms with Crippen LogP contribution in [-0.2, 0) is 4.79 Å². The molecule has 1 rings (SSSR count). The van der Waals surface area contributed by atoms with Crippen molar-refractivity contribution in [2.24, 2.45) is 0 Å². The van der Waals surface area contributed by atoms with Crippen LogP contribution in [0.4, 0.5) is 23.2 Å². The summed E-state index contributed by atoms with van der Waals surface area (Å²) in [5.41, 5.74) is -0.0569. The van der Waals surface area contributed by atoms with Crippen molar-refractivity contribution in [2.45, 2.75) is 32.2 Å². The summed E-state index contributed by atoms with van der Waals surface area (Å²) in [6.07, 6.45) is -4.11. The molecule has 4 nitrogen and oxygen atoms in total. The van der Waals surface area contributed by atoms with Crippen molar-refractivity contribution in [3.05, 3.63) is 29.8 Å². The van der Waals surface area contributed by atoms with E-state index in [1.54, 1.807) is 19.2 Å². The predicted molar refractivity (Wildman–Crippen MR) is 68.6 cm³/mol. The van der Waals surface area contributed by atoms with Gasteiger partial charge in [-0.3, -0.25) is 9.59 Å². The Hall–Kier alpha value is -2.12. The van der Waals surface area contributed by atoms with Gasteiger partial charge in [-0.05, 0) is 32.0 Å². The van der Waals surface area contributed by atoms with Gasteiger partial charge in [-0.2, -0.15) is 8.78 Å². The quantitative estimate of drug-likeness (QED) is 0.822. The first kappa shape index (κ1) is 16.9. The van der Waals surface area contributed by atoms with E-state index >= 15 is 0 Å². The lowest BCUT2D eigenvalue weighted by molar-refractivity contribution is -0.163. The first-order valence-electron chi connectivity index (χ1n) is 6.03. The zero-order valence-corrected chi connectivity index (χ0v) is 11.3. The summed E-state index contributed by atoms with van der Waals surface area (Å²) >= 11 is 0. The normalized spacial score (nSPS) is 11.6. The van der Waals surface area contributed by atoms with Crippen molar-refractivity contribution in [2.75, 3.05) is 5.32 Å². The molecule has 0 aromatic heterocycles. The number of benzene rings is 1. The Morgan fingerprint density at radius 2 is 1.81 bits per heavy atom. The number of halogens is 4. The maximum atomic E-state index is 12.8. The summed E-state index contributed by atoms with van der Waals surface area (Å²) in [6.45, 7) is 3.46. The van der Waals surface area contributed by atoms with E-state index < -0.39 is 24.2 Å². The third kappa shape index (κ3) is 4.44.